The van der Waals surface area contributed by atoms with E-state index in [0.717, 1.165) is 33.3 Å². The van der Waals surface area contributed by atoms with Crippen molar-refractivity contribution in [1.29, 1.82) is 0 Å². The van der Waals surface area contributed by atoms with Gasteiger partial charge in [0, 0.05) is 17.5 Å². The smallest absolute Gasteiger partial charge is 0.231 e. The predicted molar refractivity (Wildman–Crippen MR) is 95.7 cm³/mol. The maximum atomic E-state index is 12.2. The molecule has 0 radical (unpaired) electrons. The molecule has 0 bridgehead atoms. The van der Waals surface area contributed by atoms with Crippen molar-refractivity contribution < 1.29 is 14.3 Å². The van der Waals surface area contributed by atoms with Crippen LogP contribution in [0.5, 0.6) is 11.5 Å². The van der Waals surface area contributed by atoms with Gasteiger partial charge in [-0.05, 0) is 17.7 Å². The first-order valence-electron chi connectivity index (χ1n) is 7.93. The molecule has 0 atom stereocenters. The minimum Gasteiger partial charge on any atom is -0.454 e. The lowest BCUT2D eigenvalue weighted by Crippen LogP contribution is -2.24. The van der Waals surface area contributed by atoms with Gasteiger partial charge in [0.2, 0.25) is 12.7 Å². The Bertz CT molecular complexity index is 893. The van der Waals surface area contributed by atoms with Crippen LogP contribution in [0.4, 0.5) is 0 Å². The molecule has 0 saturated heterocycles. The minimum atomic E-state index is -0.0532. The summed E-state index contributed by atoms with van der Waals surface area (Å²) in [5.74, 6) is 1.41. The average molecular weight is 352 g/mol. The maximum absolute atomic E-state index is 12.2. The molecule has 6 heteroatoms. The van der Waals surface area contributed by atoms with Gasteiger partial charge >= 0.3 is 0 Å². The fourth-order valence-corrected chi connectivity index (χ4v) is 3.41. The van der Waals surface area contributed by atoms with Crippen LogP contribution in [0.2, 0.25) is 0 Å². The van der Waals surface area contributed by atoms with Gasteiger partial charge in [-0.1, -0.05) is 36.4 Å². The number of ether oxygens (including phenoxy) is 2. The van der Waals surface area contributed by atoms with E-state index >= 15 is 0 Å². The van der Waals surface area contributed by atoms with E-state index in [1.54, 1.807) is 11.3 Å². The Kier molecular flexibility index (Phi) is 4.35. The zero-order valence-electron chi connectivity index (χ0n) is 13.4. The molecule has 4 rings (SSSR count). The average Bonchev–Trinajstić information content (AvgIpc) is 3.29. The van der Waals surface area contributed by atoms with Crippen molar-refractivity contribution in [3.63, 3.8) is 0 Å². The van der Waals surface area contributed by atoms with Gasteiger partial charge in [0.05, 0.1) is 12.1 Å². The quantitative estimate of drug-likeness (QED) is 0.765. The summed E-state index contributed by atoms with van der Waals surface area (Å²) in [6.45, 7) is 0.698. The molecular weight excluding hydrogens is 336 g/mol. The van der Waals surface area contributed by atoms with Gasteiger partial charge in [-0.15, -0.1) is 11.3 Å². The molecule has 25 heavy (non-hydrogen) atoms. The lowest BCUT2D eigenvalue weighted by Gasteiger charge is -2.05. The van der Waals surface area contributed by atoms with E-state index in [2.05, 4.69) is 10.3 Å². The molecule has 0 unspecified atom stereocenters. The number of fused-ring (bicyclic) bond motifs is 1. The highest BCUT2D eigenvalue weighted by atomic mass is 32.1. The lowest BCUT2D eigenvalue weighted by molar-refractivity contribution is -0.120. The Balaban J connectivity index is 1.34. The van der Waals surface area contributed by atoms with E-state index < -0.39 is 0 Å². The molecule has 5 nitrogen and oxygen atoms in total. The van der Waals surface area contributed by atoms with Crippen LogP contribution < -0.4 is 14.8 Å². The number of benzene rings is 2. The third kappa shape index (κ3) is 3.64. The van der Waals surface area contributed by atoms with Crippen molar-refractivity contribution in [3.05, 3.63) is 65.2 Å². The first kappa shape index (κ1) is 15.7. The van der Waals surface area contributed by atoms with Crippen LogP contribution in [0, 0.1) is 0 Å². The van der Waals surface area contributed by atoms with E-state index in [9.17, 15) is 4.79 Å². The summed E-state index contributed by atoms with van der Waals surface area (Å²) in [5.41, 5.74) is 2.83. The molecule has 0 fully saturated rings. The van der Waals surface area contributed by atoms with Gasteiger partial charge in [-0.2, -0.15) is 0 Å². The van der Waals surface area contributed by atoms with E-state index in [0.29, 0.717) is 6.54 Å². The van der Waals surface area contributed by atoms with Crippen molar-refractivity contribution in [3.8, 4) is 22.1 Å². The second kappa shape index (κ2) is 6.94. The number of thiazole rings is 1. The van der Waals surface area contributed by atoms with Crippen LogP contribution in [0.3, 0.4) is 0 Å². The first-order chi connectivity index (χ1) is 12.3. The van der Waals surface area contributed by atoms with Gasteiger partial charge in [-0.3, -0.25) is 4.79 Å². The van der Waals surface area contributed by atoms with Crippen molar-refractivity contribution in [2.45, 2.75) is 13.0 Å². The summed E-state index contributed by atoms with van der Waals surface area (Å²) in [6, 6.07) is 15.6. The molecule has 1 aliphatic heterocycles. The molecule has 1 aromatic heterocycles. The zero-order chi connectivity index (χ0) is 17.1. The molecule has 1 aliphatic rings. The number of amides is 1. The topological polar surface area (TPSA) is 60.5 Å². The molecule has 1 N–H and O–H groups in total. The van der Waals surface area contributed by atoms with Gasteiger partial charge in [-0.25, -0.2) is 4.98 Å². The predicted octanol–water partition coefficient (Wildman–Crippen LogP) is 3.40. The number of aromatic nitrogens is 1. The van der Waals surface area contributed by atoms with Crippen LogP contribution >= 0.6 is 11.3 Å². The molecule has 1 amide bonds. The number of carbonyl (C=O) groups excluding carboxylic acids is 1. The Hall–Kier alpha value is -2.86. The Morgan fingerprint density at radius 2 is 1.96 bits per heavy atom. The van der Waals surface area contributed by atoms with E-state index in [1.165, 1.54) is 0 Å². The fraction of sp³-hybridized carbons (Fsp3) is 0.158. The van der Waals surface area contributed by atoms with Gasteiger partial charge in [0.1, 0.15) is 5.01 Å². The summed E-state index contributed by atoms with van der Waals surface area (Å²) in [6.07, 6.45) is 0.272. The van der Waals surface area contributed by atoms with Crippen molar-refractivity contribution in [2.75, 3.05) is 6.79 Å². The SMILES string of the molecule is O=C(Cc1csc(-c2ccccc2)n1)NCc1ccc2c(c1)OCO2. The fourth-order valence-electron chi connectivity index (χ4n) is 2.58. The minimum absolute atomic E-state index is 0.0532. The van der Waals surface area contributed by atoms with Crippen LogP contribution in [-0.4, -0.2) is 17.7 Å². The molecule has 0 aliphatic carbocycles. The van der Waals surface area contributed by atoms with Crippen LogP contribution in [0.1, 0.15) is 11.3 Å². The highest BCUT2D eigenvalue weighted by molar-refractivity contribution is 7.13. The third-order valence-corrected chi connectivity index (χ3v) is 4.78. The molecule has 126 valence electrons. The summed E-state index contributed by atoms with van der Waals surface area (Å²) in [7, 11) is 0. The van der Waals surface area contributed by atoms with E-state index in [1.807, 2.05) is 53.9 Å². The highest BCUT2D eigenvalue weighted by Crippen LogP contribution is 2.32. The van der Waals surface area contributed by atoms with Gasteiger partial charge in [0.15, 0.2) is 11.5 Å². The van der Waals surface area contributed by atoms with Gasteiger partial charge in [0.25, 0.3) is 0 Å². The molecule has 0 saturated carbocycles. The molecular formula is C19H16N2O3S. The summed E-state index contributed by atoms with van der Waals surface area (Å²) < 4.78 is 10.6. The van der Waals surface area contributed by atoms with E-state index in [-0.39, 0.29) is 19.1 Å². The summed E-state index contributed by atoms with van der Waals surface area (Å²) in [5, 5.41) is 5.78. The maximum Gasteiger partial charge on any atom is 0.231 e. The third-order valence-electron chi connectivity index (χ3n) is 3.84. The van der Waals surface area contributed by atoms with Gasteiger partial charge < -0.3 is 14.8 Å². The second-order valence-electron chi connectivity index (χ2n) is 5.65. The van der Waals surface area contributed by atoms with Crippen LogP contribution in [-0.2, 0) is 17.8 Å². The largest absolute Gasteiger partial charge is 0.454 e. The number of hydrogen-bond donors (Lipinski definition) is 1. The Morgan fingerprint density at radius 3 is 2.84 bits per heavy atom. The summed E-state index contributed by atoms with van der Waals surface area (Å²) in [4.78, 5) is 16.7. The lowest BCUT2D eigenvalue weighted by atomic mass is 10.2. The van der Waals surface area contributed by atoms with E-state index in [4.69, 9.17) is 9.47 Å². The molecule has 3 aromatic rings. The van der Waals surface area contributed by atoms with Crippen molar-refractivity contribution in [2.24, 2.45) is 0 Å². The zero-order valence-corrected chi connectivity index (χ0v) is 14.2. The number of rotatable bonds is 5. The van der Waals surface area contributed by atoms with Crippen molar-refractivity contribution >= 4 is 17.2 Å². The number of hydrogen-bond acceptors (Lipinski definition) is 5. The molecule has 2 aromatic carbocycles. The summed E-state index contributed by atoms with van der Waals surface area (Å²) >= 11 is 1.55. The number of carbonyl (C=O) groups is 1. The second-order valence-corrected chi connectivity index (χ2v) is 6.51. The molecule has 0 spiro atoms. The van der Waals surface area contributed by atoms with Crippen LogP contribution in [0.25, 0.3) is 10.6 Å². The first-order valence-corrected chi connectivity index (χ1v) is 8.81. The highest BCUT2D eigenvalue weighted by Gasteiger charge is 2.14. The van der Waals surface area contributed by atoms with Crippen LogP contribution in [0.15, 0.2) is 53.9 Å². The normalized spacial score (nSPS) is 12.2. The number of nitrogens with zero attached hydrogens (tertiary/aromatic N) is 1. The monoisotopic (exact) mass is 352 g/mol. The van der Waals surface area contributed by atoms with Crippen molar-refractivity contribution in [1.82, 2.24) is 10.3 Å². The Morgan fingerprint density at radius 1 is 1.12 bits per heavy atom. The number of nitrogens with one attached hydrogen (secondary N) is 1. The standard InChI is InChI=1S/C19H16N2O3S/c22-18(20-10-13-6-7-16-17(8-13)24-12-23-16)9-15-11-25-19(21-15)14-4-2-1-3-5-14/h1-8,11H,9-10,12H2,(H,20,22). The molecule has 2 heterocycles. The Labute approximate surface area is 149 Å².